The number of amides is 2. The molecule has 0 aromatic heterocycles. The molecule has 5 saturated carbocycles. The number of aliphatic carboxylic acids is 1. The largest absolute Gasteiger partial charge is 0.489 e. The van der Waals surface area contributed by atoms with Crippen LogP contribution < -0.4 is 15.4 Å². The predicted octanol–water partition coefficient (Wildman–Crippen LogP) is 4.95. The Balaban J connectivity index is 1.30. The normalized spacial score (nSPS) is 32.3. The van der Waals surface area contributed by atoms with Crippen molar-refractivity contribution in [1.29, 1.82) is 5.26 Å². The lowest BCUT2D eigenvalue weighted by Crippen LogP contribution is -2.59. The van der Waals surface area contributed by atoms with Gasteiger partial charge >= 0.3 is 5.97 Å². The van der Waals surface area contributed by atoms with Crippen molar-refractivity contribution in [2.75, 3.05) is 6.54 Å². The first-order valence-electron chi connectivity index (χ1n) is 14.7. The van der Waals surface area contributed by atoms with Gasteiger partial charge in [0.25, 0.3) is 5.91 Å². The molecule has 216 valence electrons. The van der Waals surface area contributed by atoms with E-state index in [0.29, 0.717) is 32.2 Å². The van der Waals surface area contributed by atoms with E-state index in [2.05, 4.69) is 17.6 Å². The van der Waals surface area contributed by atoms with Gasteiger partial charge in [-0.15, -0.1) is 0 Å². The van der Waals surface area contributed by atoms with Gasteiger partial charge in [0.1, 0.15) is 17.6 Å². The molecule has 1 aromatic carbocycles. The highest BCUT2D eigenvalue weighted by molar-refractivity contribution is 5.96. The second-order valence-corrected chi connectivity index (χ2v) is 13.2. The fourth-order valence-corrected chi connectivity index (χ4v) is 7.29. The summed E-state index contributed by atoms with van der Waals surface area (Å²) in [5.41, 5.74) is -0.903. The van der Waals surface area contributed by atoms with Crippen molar-refractivity contribution in [3.63, 3.8) is 0 Å². The quantitative estimate of drug-likeness (QED) is 0.418. The average Bonchev–Trinajstić information content (AvgIpc) is 2.93. The van der Waals surface area contributed by atoms with Gasteiger partial charge in [-0.05, 0) is 101 Å². The van der Waals surface area contributed by atoms with Gasteiger partial charge in [0, 0.05) is 12.6 Å². The summed E-state index contributed by atoms with van der Waals surface area (Å²) < 4.78 is 21.2. The molecule has 1 aromatic rings. The third kappa shape index (κ3) is 5.55. The minimum Gasteiger partial charge on any atom is -0.489 e. The van der Waals surface area contributed by atoms with Crippen LogP contribution in [0.15, 0.2) is 12.1 Å². The van der Waals surface area contributed by atoms with Gasteiger partial charge in [-0.2, -0.15) is 5.26 Å². The van der Waals surface area contributed by atoms with Crippen LogP contribution in [0.5, 0.6) is 5.75 Å². The van der Waals surface area contributed by atoms with Crippen molar-refractivity contribution in [1.82, 2.24) is 10.6 Å². The number of fused-ring (bicyclic) bond motifs is 3. The van der Waals surface area contributed by atoms with Gasteiger partial charge in [0.05, 0.1) is 28.6 Å². The molecule has 0 heterocycles. The molecule has 2 bridgehead atoms. The molecule has 0 radical (unpaired) electrons. The molecule has 2 atom stereocenters. The Morgan fingerprint density at radius 1 is 1.05 bits per heavy atom. The molecule has 8 nitrogen and oxygen atoms in total. The fraction of sp³-hybridized carbons (Fsp3) is 0.677. The maximum absolute atomic E-state index is 15.1. The lowest BCUT2D eigenvalue weighted by Gasteiger charge is -2.48. The first-order chi connectivity index (χ1) is 19.0. The molecule has 3 N–H and O–H groups in total. The smallest absolute Gasteiger partial charge is 0.309 e. The van der Waals surface area contributed by atoms with Crippen molar-refractivity contribution in [2.24, 2.45) is 28.6 Å². The molecule has 0 spiro atoms. The summed E-state index contributed by atoms with van der Waals surface area (Å²) in [6, 6.07) is 3.87. The Hall–Kier alpha value is -3.15. The number of nitriles is 1. The van der Waals surface area contributed by atoms with Gasteiger partial charge in [0.2, 0.25) is 5.91 Å². The Morgan fingerprint density at radius 2 is 1.70 bits per heavy atom. The number of halogens is 1. The van der Waals surface area contributed by atoms with E-state index in [1.807, 2.05) is 6.07 Å². The molecule has 0 saturated heterocycles. The molecular formula is C31H40FN3O5. The highest BCUT2D eigenvalue weighted by Gasteiger charge is 2.48. The number of carbonyl (C=O) groups is 3. The van der Waals surface area contributed by atoms with Crippen LogP contribution in [0.4, 0.5) is 4.39 Å². The van der Waals surface area contributed by atoms with Crippen LogP contribution in [0.3, 0.4) is 0 Å². The van der Waals surface area contributed by atoms with Gasteiger partial charge < -0.3 is 20.5 Å². The lowest BCUT2D eigenvalue weighted by atomic mass is 9.61. The lowest BCUT2D eigenvalue weighted by molar-refractivity contribution is -0.150. The third-order valence-electron chi connectivity index (χ3n) is 10.4. The van der Waals surface area contributed by atoms with Gasteiger partial charge in [0.15, 0.2) is 0 Å². The summed E-state index contributed by atoms with van der Waals surface area (Å²) in [6.07, 6.45) is 8.64. The zero-order valence-corrected chi connectivity index (χ0v) is 23.4. The summed E-state index contributed by atoms with van der Waals surface area (Å²) in [5.74, 6) is -2.18. The maximum Gasteiger partial charge on any atom is 0.309 e. The fourth-order valence-electron chi connectivity index (χ4n) is 7.29. The number of rotatable bonds is 8. The van der Waals surface area contributed by atoms with Crippen molar-refractivity contribution < 1.29 is 28.6 Å². The van der Waals surface area contributed by atoms with Gasteiger partial charge in [-0.25, -0.2) is 4.39 Å². The number of carboxylic acid groups (broad SMARTS) is 1. The van der Waals surface area contributed by atoms with Crippen LogP contribution in [0, 0.1) is 45.7 Å². The Bertz CT molecular complexity index is 1210. The van der Waals surface area contributed by atoms with Crippen molar-refractivity contribution in [3.8, 4) is 11.8 Å². The van der Waals surface area contributed by atoms with Crippen LogP contribution in [0.1, 0.15) is 100 Å². The second kappa shape index (κ2) is 11.0. The molecular weight excluding hydrogens is 513 g/mol. The zero-order chi connectivity index (χ0) is 28.7. The van der Waals surface area contributed by atoms with E-state index in [0.717, 1.165) is 44.6 Å². The number of hydrogen-bond acceptors (Lipinski definition) is 5. The number of nitrogens with zero attached hydrogens (tertiary/aromatic N) is 1. The minimum absolute atomic E-state index is 0.0147. The first kappa shape index (κ1) is 28.4. The topological polar surface area (TPSA) is 129 Å². The molecule has 6 rings (SSSR count). The van der Waals surface area contributed by atoms with Crippen LogP contribution in [-0.2, 0) is 9.59 Å². The number of benzene rings is 1. The molecule has 5 fully saturated rings. The standard InChI is InChI=1S/C31H40FN3O5/c1-30(10-3-11-30)17-34-28(37)25-18-4-6-19(7-5-18)26(25)35-27(36)22-15-24(20(16-33)14-23(22)32)40-21-8-12-31(2,13-9-21)29(38)39/h14-15,18-19,21,25-26H,3-13,17H2,1-2H3,(H,34,37)(H,35,36)(H,38,39)/t18?,19?,21?,25-,26+,31?/m1/s1. The van der Waals surface area contributed by atoms with Crippen molar-refractivity contribution in [2.45, 2.75) is 96.6 Å². The van der Waals surface area contributed by atoms with Crippen LogP contribution in [0.2, 0.25) is 0 Å². The Morgan fingerprint density at radius 3 is 2.27 bits per heavy atom. The van der Waals surface area contributed by atoms with E-state index in [4.69, 9.17) is 4.74 Å². The van der Waals surface area contributed by atoms with Gasteiger partial charge in [-0.1, -0.05) is 13.3 Å². The molecule has 2 amide bonds. The van der Waals surface area contributed by atoms with E-state index in [1.165, 1.54) is 12.5 Å². The molecule has 5 aliphatic rings. The Kier molecular flexibility index (Phi) is 7.82. The SMILES string of the molecule is CC1(CNC(=O)[C@@H]2C3CCC(CC3)[C@@H]2NC(=O)c2cc(OC3CCC(C)(C(=O)O)CC3)c(C#N)cc2F)CCC1. The predicted molar refractivity (Wildman–Crippen MR) is 145 cm³/mol. The molecule has 9 heteroatoms. The first-order valence-corrected chi connectivity index (χ1v) is 14.7. The van der Waals surface area contributed by atoms with Crippen LogP contribution >= 0.6 is 0 Å². The molecule has 0 unspecified atom stereocenters. The van der Waals surface area contributed by atoms with E-state index in [1.54, 1.807) is 6.92 Å². The van der Waals surface area contributed by atoms with E-state index >= 15 is 4.39 Å². The summed E-state index contributed by atoms with van der Waals surface area (Å²) in [6.45, 7) is 4.54. The van der Waals surface area contributed by atoms with E-state index < -0.39 is 23.1 Å². The van der Waals surface area contributed by atoms with Gasteiger partial charge in [-0.3, -0.25) is 14.4 Å². The number of ether oxygens (including phenoxy) is 1. The number of hydrogen-bond donors (Lipinski definition) is 3. The highest BCUT2D eigenvalue weighted by Crippen LogP contribution is 2.46. The van der Waals surface area contributed by atoms with Crippen molar-refractivity contribution in [3.05, 3.63) is 29.1 Å². The monoisotopic (exact) mass is 553 g/mol. The zero-order valence-electron chi connectivity index (χ0n) is 23.4. The maximum atomic E-state index is 15.1. The molecule has 5 aliphatic carbocycles. The van der Waals surface area contributed by atoms with Crippen LogP contribution in [0.25, 0.3) is 0 Å². The van der Waals surface area contributed by atoms with E-state index in [-0.39, 0.29) is 58.1 Å². The van der Waals surface area contributed by atoms with Crippen molar-refractivity contribution >= 4 is 17.8 Å². The summed E-state index contributed by atoms with van der Waals surface area (Å²) in [7, 11) is 0. The minimum atomic E-state index is -0.843. The summed E-state index contributed by atoms with van der Waals surface area (Å²) >= 11 is 0. The third-order valence-corrected chi connectivity index (χ3v) is 10.4. The highest BCUT2D eigenvalue weighted by atomic mass is 19.1. The summed E-state index contributed by atoms with van der Waals surface area (Å²) in [5, 5.41) is 25.3. The number of nitrogens with one attached hydrogen (secondary N) is 2. The number of carbonyl (C=O) groups excluding carboxylic acids is 2. The Labute approximate surface area is 235 Å². The number of carboxylic acids is 1. The van der Waals surface area contributed by atoms with E-state index in [9.17, 15) is 24.8 Å². The molecule has 40 heavy (non-hydrogen) atoms. The summed E-state index contributed by atoms with van der Waals surface area (Å²) in [4.78, 5) is 38.4. The average molecular weight is 554 g/mol. The second-order valence-electron chi connectivity index (χ2n) is 13.2. The molecule has 0 aliphatic heterocycles. The van der Waals surface area contributed by atoms with Crippen LogP contribution in [-0.4, -0.2) is 41.6 Å².